The molecule has 0 saturated heterocycles. The van der Waals surface area contributed by atoms with Crippen LogP contribution in [0.5, 0.6) is 0 Å². The second kappa shape index (κ2) is 7.21. The number of benzene rings is 1. The summed E-state index contributed by atoms with van der Waals surface area (Å²) in [5, 5.41) is 10.6. The van der Waals surface area contributed by atoms with Gasteiger partial charge in [-0.3, -0.25) is 0 Å². The SMILES string of the molecule is CCCCCCCCN1c2ccccc2C(C)=C(O)C1(C)C. The lowest BCUT2D eigenvalue weighted by Crippen LogP contribution is -2.49. The van der Waals surface area contributed by atoms with Crippen molar-refractivity contribution in [3.8, 4) is 0 Å². The van der Waals surface area contributed by atoms with Gasteiger partial charge < -0.3 is 10.0 Å². The van der Waals surface area contributed by atoms with Crippen LogP contribution in [0.25, 0.3) is 5.57 Å². The third kappa shape index (κ3) is 3.31. The van der Waals surface area contributed by atoms with E-state index in [1.165, 1.54) is 49.8 Å². The van der Waals surface area contributed by atoms with Crippen molar-refractivity contribution in [2.75, 3.05) is 11.4 Å². The summed E-state index contributed by atoms with van der Waals surface area (Å²) in [4.78, 5) is 2.38. The van der Waals surface area contributed by atoms with Crippen LogP contribution in [0.3, 0.4) is 0 Å². The summed E-state index contributed by atoms with van der Waals surface area (Å²) in [5.41, 5.74) is 3.13. The summed E-state index contributed by atoms with van der Waals surface area (Å²) in [6.07, 6.45) is 7.78. The van der Waals surface area contributed by atoms with E-state index in [4.69, 9.17) is 0 Å². The molecule has 0 aliphatic carbocycles. The molecule has 0 unspecified atom stereocenters. The predicted molar refractivity (Wildman–Crippen MR) is 96.5 cm³/mol. The van der Waals surface area contributed by atoms with E-state index in [-0.39, 0.29) is 5.54 Å². The normalized spacial score (nSPS) is 16.8. The molecule has 0 bridgehead atoms. The lowest BCUT2D eigenvalue weighted by Gasteiger charge is -2.45. The van der Waals surface area contributed by atoms with E-state index >= 15 is 0 Å². The van der Waals surface area contributed by atoms with Crippen LogP contribution in [0.2, 0.25) is 0 Å². The molecular weight excluding hydrogens is 270 g/mol. The Morgan fingerprint density at radius 1 is 1.00 bits per heavy atom. The minimum absolute atomic E-state index is 0.318. The van der Waals surface area contributed by atoms with Crippen LogP contribution >= 0.6 is 0 Å². The van der Waals surface area contributed by atoms with Gasteiger partial charge in [0, 0.05) is 17.8 Å². The van der Waals surface area contributed by atoms with Crippen LogP contribution in [0.1, 0.15) is 71.8 Å². The molecule has 1 heterocycles. The predicted octanol–water partition coefficient (Wildman–Crippen LogP) is 5.93. The smallest absolute Gasteiger partial charge is 0.121 e. The molecule has 2 heteroatoms. The van der Waals surface area contributed by atoms with E-state index in [0.717, 1.165) is 12.1 Å². The number of rotatable bonds is 7. The highest BCUT2D eigenvalue weighted by atomic mass is 16.3. The highest BCUT2D eigenvalue weighted by molar-refractivity contribution is 5.82. The first-order valence-electron chi connectivity index (χ1n) is 8.77. The van der Waals surface area contributed by atoms with Gasteiger partial charge in [0.2, 0.25) is 0 Å². The average molecular weight is 301 g/mol. The van der Waals surface area contributed by atoms with Gasteiger partial charge in [-0.15, -0.1) is 0 Å². The number of aliphatic hydroxyl groups is 1. The van der Waals surface area contributed by atoms with Crippen LogP contribution in [0.15, 0.2) is 30.0 Å². The zero-order chi connectivity index (χ0) is 16.2. The number of nitrogens with zero attached hydrogens (tertiary/aromatic N) is 1. The summed E-state index contributed by atoms with van der Waals surface area (Å²) < 4.78 is 0. The van der Waals surface area contributed by atoms with Crippen LogP contribution in [-0.4, -0.2) is 17.2 Å². The Morgan fingerprint density at radius 2 is 1.64 bits per heavy atom. The van der Waals surface area contributed by atoms with E-state index in [1.807, 2.05) is 6.92 Å². The maximum absolute atomic E-state index is 10.6. The maximum atomic E-state index is 10.6. The van der Waals surface area contributed by atoms with E-state index in [0.29, 0.717) is 5.76 Å². The number of unbranched alkanes of at least 4 members (excludes halogenated alkanes) is 5. The number of para-hydroxylation sites is 1. The molecule has 122 valence electrons. The first kappa shape index (κ1) is 16.9. The summed E-state index contributed by atoms with van der Waals surface area (Å²) in [7, 11) is 0. The van der Waals surface area contributed by atoms with Gasteiger partial charge in [-0.1, -0.05) is 57.2 Å². The molecule has 1 aliphatic heterocycles. The zero-order valence-corrected chi connectivity index (χ0v) is 14.7. The largest absolute Gasteiger partial charge is 0.510 e. The van der Waals surface area contributed by atoms with E-state index < -0.39 is 0 Å². The first-order chi connectivity index (χ1) is 10.5. The Morgan fingerprint density at radius 3 is 2.36 bits per heavy atom. The fourth-order valence-electron chi connectivity index (χ4n) is 3.49. The van der Waals surface area contributed by atoms with Crippen molar-refractivity contribution in [1.82, 2.24) is 0 Å². The lowest BCUT2D eigenvalue weighted by molar-refractivity contribution is 0.306. The molecule has 1 aromatic rings. The molecule has 2 nitrogen and oxygen atoms in total. The number of anilines is 1. The summed E-state index contributed by atoms with van der Waals surface area (Å²) in [6, 6.07) is 8.45. The van der Waals surface area contributed by atoms with Crippen molar-refractivity contribution in [3.05, 3.63) is 35.6 Å². The van der Waals surface area contributed by atoms with Crippen molar-refractivity contribution in [1.29, 1.82) is 0 Å². The van der Waals surface area contributed by atoms with Crippen molar-refractivity contribution >= 4 is 11.3 Å². The molecule has 1 aliphatic rings. The van der Waals surface area contributed by atoms with Crippen molar-refractivity contribution in [2.24, 2.45) is 0 Å². The lowest BCUT2D eigenvalue weighted by atomic mass is 9.86. The molecule has 0 spiro atoms. The van der Waals surface area contributed by atoms with Crippen molar-refractivity contribution in [3.63, 3.8) is 0 Å². The topological polar surface area (TPSA) is 23.5 Å². The van der Waals surface area contributed by atoms with E-state index in [1.54, 1.807) is 0 Å². The molecule has 2 rings (SSSR count). The molecule has 0 fully saturated rings. The molecule has 1 N–H and O–H groups in total. The van der Waals surface area contributed by atoms with Gasteiger partial charge in [0.25, 0.3) is 0 Å². The van der Waals surface area contributed by atoms with Crippen LogP contribution in [-0.2, 0) is 0 Å². The first-order valence-corrected chi connectivity index (χ1v) is 8.77. The molecule has 0 radical (unpaired) electrons. The van der Waals surface area contributed by atoms with Gasteiger partial charge in [0.1, 0.15) is 5.76 Å². The third-order valence-corrected chi connectivity index (χ3v) is 4.94. The van der Waals surface area contributed by atoms with Gasteiger partial charge in [-0.25, -0.2) is 0 Å². The Balaban J connectivity index is 2.09. The fourth-order valence-corrected chi connectivity index (χ4v) is 3.49. The van der Waals surface area contributed by atoms with Crippen molar-refractivity contribution < 1.29 is 5.11 Å². The molecule has 0 saturated carbocycles. The summed E-state index contributed by atoms with van der Waals surface area (Å²) in [6.45, 7) is 9.54. The van der Waals surface area contributed by atoms with E-state index in [2.05, 4.69) is 49.9 Å². The monoisotopic (exact) mass is 301 g/mol. The van der Waals surface area contributed by atoms with Gasteiger partial charge in [0.05, 0.1) is 5.54 Å². The Labute approximate surface area is 135 Å². The quantitative estimate of drug-likeness (QED) is 0.630. The average Bonchev–Trinajstić information content (AvgIpc) is 2.51. The molecular formula is C20H31NO. The number of hydrogen-bond acceptors (Lipinski definition) is 2. The van der Waals surface area contributed by atoms with Gasteiger partial charge in [-0.05, 0) is 38.8 Å². The summed E-state index contributed by atoms with van der Waals surface area (Å²) >= 11 is 0. The molecule has 22 heavy (non-hydrogen) atoms. The highest BCUT2D eigenvalue weighted by Gasteiger charge is 2.37. The van der Waals surface area contributed by atoms with Gasteiger partial charge in [0.15, 0.2) is 0 Å². The number of allylic oxidation sites excluding steroid dienone is 1. The second-order valence-corrected chi connectivity index (χ2v) is 6.97. The zero-order valence-electron chi connectivity index (χ0n) is 14.7. The maximum Gasteiger partial charge on any atom is 0.121 e. The third-order valence-electron chi connectivity index (χ3n) is 4.94. The minimum Gasteiger partial charge on any atom is -0.510 e. The molecule has 0 aromatic heterocycles. The summed E-state index contributed by atoms with van der Waals surface area (Å²) in [5.74, 6) is 0.511. The van der Waals surface area contributed by atoms with Gasteiger partial charge in [-0.2, -0.15) is 0 Å². The Bertz CT molecular complexity index is 530. The van der Waals surface area contributed by atoms with Gasteiger partial charge >= 0.3 is 0 Å². The standard InChI is InChI=1S/C20H31NO/c1-5-6-7-8-9-12-15-21-18-14-11-10-13-17(18)16(2)19(22)20(21,3)4/h10-11,13-14,22H,5-9,12,15H2,1-4H3. The van der Waals surface area contributed by atoms with Crippen LogP contribution in [0.4, 0.5) is 5.69 Å². The van der Waals surface area contributed by atoms with E-state index in [9.17, 15) is 5.11 Å². The molecule has 0 amide bonds. The van der Waals surface area contributed by atoms with Crippen LogP contribution < -0.4 is 4.90 Å². The Kier molecular flexibility index (Phi) is 5.55. The number of hydrogen-bond donors (Lipinski definition) is 1. The highest BCUT2D eigenvalue weighted by Crippen LogP contribution is 2.42. The van der Waals surface area contributed by atoms with Crippen molar-refractivity contribution in [2.45, 2.75) is 71.8 Å². The second-order valence-electron chi connectivity index (χ2n) is 6.97. The Hall–Kier alpha value is -1.44. The minimum atomic E-state index is -0.318. The molecule has 0 atom stereocenters. The number of aliphatic hydroxyl groups excluding tert-OH is 1. The fraction of sp³-hybridized carbons (Fsp3) is 0.600. The van der Waals surface area contributed by atoms with Crippen LogP contribution in [0, 0.1) is 0 Å². The molecule has 1 aromatic carbocycles. The number of fused-ring (bicyclic) bond motifs is 1.